The Hall–Kier alpha value is -2.43. The number of halogens is 2. The monoisotopic (exact) mass is 559 g/mol. The van der Waals surface area contributed by atoms with Crippen molar-refractivity contribution >= 4 is 52.2 Å². The van der Waals surface area contributed by atoms with E-state index in [0.717, 1.165) is 16.3 Å². The first-order chi connectivity index (χ1) is 17.4. The average Bonchev–Trinajstić information content (AvgIpc) is 3.49. The third-order valence-electron chi connectivity index (χ3n) is 5.64. The van der Waals surface area contributed by atoms with Crippen molar-refractivity contribution in [3.63, 3.8) is 0 Å². The van der Waals surface area contributed by atoms with Crippen LogP contribution in [-0.2, 0) is 10.5 Å². The van der Waals surface area contributed by atoms with E-state index in [-0.39, 0.29) is 18.1 Å². The molecule has 4 aromatic rings. The summed E-state index contributed by atoms with van der Waals surface area (Å²) < 4.78 is 7.65. The molecule has 11 heteroatoms. The van der Waals surface area contributed by atoms with Crippen LogP contribution in [0, 0.1) is 0 Å². The maximum absolute atomic E-state index is 13.0. The zero-order chi connectivity index (χ0) is 25.2. The summed E-state index contributed by atoms with van der Waals surface area (Å²) in [5, 5.41) is 13.3. The highest BCUT2D eigenvalue weighted by molar-refractivity contribution is 7.98. The predicted octanol–water partition coefficient (Wildman–Crippen LogP) is 6.24. The molecule has 3 heterocycles. The summed E-state index contributed by atoms with van der Waals surface area (Å²) in [6, 6.07) is 15.0. The van der Waals surface area contributed by atoms with Crippen LogP contribution in [0.1, 0.15) is 29.3 Å². The number of morpholine rings is 1. The smallest absolute Gasteiger partial charge is 0.273 e. The number of thiazole rings is 1. The first-order valence-corrected chi connectivity index (χ1v) is 14.0. The quantitative estimate of drug-likeness (QED) is 0.260. The molecule has 0 N–H and O–H groups in total. The van der Waals surface area contributed by atoms with Crippen molar-refractivity contribution in [1.82, 2.24) is 24.6 Å². The molecule has 2 unspecified atom stereocenters. The van der Waals surface area contributed by atoms with E-state index >= 15 is 0 Å². The van der Waals surface area contributed by atoms with E-state index < -0.39 is 0 Å². The summed E-state index contributed by atoms with van der Waals surface area (Å²) >= 11 is 16.0. The molecule has 2 aromatic heterocycles. The number of nitrogens with zero attached hydrogens (tertiary/aromatic N) is 5. The van der Waals surface area contributed by atoms with Gasteiger partial charge in [-0.25, -0.2) is 4.98 Å². The summed E-state index contributed by atoms with van der Waals surface area (Å²) in [5.74, 6) is 1.06. The fraction of sp³-hybridized carbons (Fsp3) is 0.280. The van der Waals surface area contributed by atoms with Crippen molar-refractivity contribution in [3.8, 4) is 17.1 Å². The molecule has 2 atom stereocenters. The lowest BCUT2D eigenvalue weighted by Crippen LogP contribution is -2.48. The van der Waals surface area contributed by atoms with Crippen LogP contribution in [0.25, 0.3) is 17.1 Å². The number of aromatic nitrogens is 4. The van der Waals surface area contributed by atoms with Crippen LogP contribution in [0.4, 0.5) is 0 Å². The first kappa shape index (κ1) is 25.2. The molecule has 0 spiro atoms. The highest BCUT2D eigenvalue weighted by Crippen LogP contribution is 2.35. The Bertz CT molecular complexity index is 1380. The minimum atomic E-state index is -0.0651. The number of carbonyl (C=O) groups excluding carboxylic acids is 1. The van der Waals surface area contributed by atoms with Gasteiger partial charge in [-0.2, -0.15) is 0 Å². The van der Waals surface area contributed by atoms with Crippen LogP contribution in [0.5, 0.6) is 0 Å². The molecule has 0 bridgehead atoms. The van der Waals surface area contributed by atoms with Crippen LogP contribution in [0.3, 0.4) is 0 Å². The Labute approximate surface area is 227 Å². The molecular weight excluding hydrogens is 537 g/mol. The van der Waals surface area contributed by atoms with E-state index in [4.69, 9.17) is 27.9 Å². The maximum atomic E-state index is 13.0. The number of benzene rings is 2. The Balaban J connectivity index is 1.39. The molecule has 7 nitrogen and oxygen atoms in total. The molecule has 0 radical (unpaired) electrons. The third-order valence-corrected chi connectivity index (χ3v) is 8.26. The van der Waals surface area contributed by atoms with E-state index in [1.807, 2.05) is 77.2 Å². The molecule has 1 saturated heterocycles. The minimum absolute atomic E-state index is 0.00912. The summed E-state index contributed by atoms with van der Waals surface area (Å²) in [7, 11) is 0. The van der Waals surface area contributed by atoms with Gasteiger partial charge in [0.1, 0.15) is 10.7 Å². The molecule has 36 heavy (non-hydrogen) atoms. The van der Waals surface area contributed by atoms with Crippen molar-refractivity contribution in [2.75, 3.05) is 13.1 Å². The van der Waals surface area contributed by atoms with Gasteiger partial charge in [0, 0.05) is 24.0 Å². The summed E-state index contributed by atoms with van der Waals surface area (Å²) in [5.41, 5.74) is 1.97. The average molecular weight is 561 g/mol. The molecule has 0 saturated carbocycles. The summed E-state index contributed by atoms with van der Waals surface area (Å²) in [4.78, 5) is 19.4. The van der Waals surface area contributed by atoms with Gasteiger partial charge >= 0.3 is 0 Å². The van der Waals surface area contributed by atoms with Gasteiger partial charge in [-0.05, 0) is 38.1 Å². The number of rotatable bonds is 6. The minimum Gasteiger partial charge on any atom is -0.372 e. The van der Waals surface area contributed by atoms with Gasteiger partial charge in [0.15, 0.2) is 11.0 Å². The fourth-order valence-corrected chi connectivity index (χ4v) is 6.31. The van der Waals surface area contributed by atoms with Crippen LogP contribution < -0.4 is 0 Å². The highest BCUT2D eigenvalue weighted by Gasteiger charge is 2.28. The van der Waals surface area contributed by atoms with Crippen molar-refractivity contribution in [2.24, 2.45) is 0 Å². The van der Waals surface area contributed by atoms with Gasteiger partial charge in [0.25, 0.3) is 5.91 Å². The second-order valence-electron chi connectivity index (χ2n) is 8.46. The number of carbonyl (C=O) groups is 1. The summed E-state index contributed by atoms with van der Waals surface area (Å²) in [6.07, 6.45) is 0.0182. The summed E-state index contributed by atoms with van der Waals surface area (Å²) in [6.45, 7) is 5.09. The van der Waals surface area contributed by atoms with E-state index in [1.54, 1.807) is 0 Å². The molecule has 5 rings (SSSR count). The topological polar surface area (TPSA) is 73.1 Å². The number of para-hydroxylation sites is 1. The number of amides is 1. The molecule has 186 valence electrons. The van der Waals surface area contributed by atoms with Crippen molar-refractivity contribution in [1.29, 1.82) is 0 Å². The molecule has 2 aromatic carbocycles. The van der Waals surface area contributed by atoms with Crippen LogP contribution in [-0.4, -0.2) is 55.9 Å². The first-order valence-electron chi connectivity index (χ1n) is 11.4. The second kappa shape index (κ2) is 10.9. The predicted molar refractivity (Wildman–Crippen MR) is 144 cm³/mol. The zero-order valence-electron chi connectivity index (χ0n) is 19.6. The maximum Gasteiger partial charge on any atom is 0.273 e. The molecule has 1 aliphatic rings. The van der Waals surface area contributed by atoms with E-state index in [0.29, 0.717) is 45.6 Å². The SMILES string of the molecule is CC1CN(C(=O)c2csc(CSc3nnc(-c4ccccc4Cl)n3-c3ccccc3Cl)n2)CC(C)O1. The molecule has 0 aliphatic carbocycles. The van der Waals surface area contributed by atoms with Gasteiger partial charge in [-0.3, -0.25) is 9.36 Å². The van der Waals surface area contributed by atoms with Crippen LogP contribution >= 0.6 is 46.3 Å². The second-order valence-corrected chi connectivity index (χ2v) is 11.2. The fourth-order valence-electron chi connectivity index (χ4n) is 4.14. The standard InChI is InChI=1S/C25H23Cl2N5O2S2/c1-15-11-31(12-16(2)34-15)24(33)20-13-35-22(28-20)14-36-25-30-29-23(17-7-3-4-8-18(17)26)32(25)21-10-6-5-9-19(21)27/h3-10,13,15-16H,11-12,14H2,1-2H3. The van der Waals surface area contributed by atoms with Crippen molar-refractivity contribution in [2.45, 2.75) is 37.0 Å². The van der Waals surface area contributed by atoms with Crippen LogP contribution in [0.15, 0.2) is 59.1 Å². The lowest BCUT2D eigenvalue weighted by molar-refractivity contribution is -0.0587. The van der Waals surface area contributed by atoms with Gasteiger partial charge in [-0.15, -0.1) is 21.5 Å². The number of thioether (sulfide) groups is 1. The Kier molecular flexibility index (Phi) is 7.64. The normalized spacial score (nSPS) is 17.9. The highest BCUT2D eigenvalue weighted by atomic mass is 35.5. The molecule has 1 fully saturated rings. The number of ether oxygens (including phenoxy) is 1. The lowest BCUT2D eigenvalue weighted by atomic mass is 10.2. The number of hydrogen-bond donors (Lipinski definition) is 0. The Morgan fingerprint density at radius 3 is 2.47 bits per heavy atom. The van der Waals surface area contributed by atoms with E-state index in [2.05, 4.69) is 15.2 Å². The van der Waals surface area contributed by atoms with E-state index in [1.165, 1.54) is 23.1 Å². The van der Waals surface area contributed by atoms with Crippen molar-refractivity contribution < 1.29 is 9.53 Å². The Morgan fingerprint density at radius 1 is 1.06 bits per heavy atom. The largest absolute Gasteiger partial charge is 0.372 e. The van der Waals surface area contributed by atoms with Gasteiger partial charge < -0.3 is 9.64 Å². The van der Waals surface area contributed by atoms with Gasteiger partial charge in [0.05, 0.1) is 33.7 Å². The third kappa shape index (κ3) is 5.31. The van der Waals surface area contributed by atoms with Gasteiger partial charge in [-0.1, -0.05) is 59.2 Å². The zero-order valence-corrected chi connectivity index (χ0v) is 22.7. The van der Waals surface area contributed by atoms with Crippen molar-refractivity contribution in [3.05, 3.63) is 74.7 Å². The van der Waals surface area contributed by atoms with Crippen LogP contribution in [0.2, 0.25) is 10.0 Å². The number of hydrogen-bond acceptors (Lipinski definition) is 7. The lowest BCUT2D eigenvalue weighted by Gasteiger charge is -2.34. The molecular formula is C25H23Cl2N5O2S2. The van der Waals surface area contributed by atoms with E-state index in [9.17, 15) is 4.79 Å². The Morgan fingerprint density at radius 2 is 1.75 bits per heavy atom. The van der Waals surface area contributed by atoms with Gasteiger partial charge in [0.2, 0.25) is 0 Å². The molecule has 1 amide bonds. The molecule has 1 aliphatic heterocycles.